The van der Waals surface area contributed by atoms with Gasteiger partial charge in [0.25, 0.3) is 0 Å². The molecule has 1 aliphatic carbocycles. The van der Waals surface area contributed by atoms with Crippen LogP contribution in [0.15, 0.2) is 66.0 Å². The number of para-hydroxylation sites is 1. The van der Waals surface area contributed by atoms with Crippen molar-refractivity contribution >= 4 is 28.8 Å². The Morgan fingerprint density at radius 1 is 1.12 bits per heavy atom. The molecule has 0 unspecified atom stereocenters. The number of thiophene rings is 1. The van der Waals surface area contributed by atoms with Gasteiger partial charge in [0, 0.05) is 22.2 Å². The largest absolute Gasteiger partial charge is 0.493 e. The highest BCUT2D eigenvalue weighted by atomic mass is 32.1. The lowest BCUT2D eigenvalue weighted by Crippen LogP contribution is -2.47. The van der Waals surface area contributed by atoms with Gasteiger partial charge in [0.05, 0.1) is 13.0 Å². The third kappa shape index (κ3) is 5.65. The first kappa shape index (κ1) is 24.0. The van der Waals surface area contributed by atoms with Gasteiger partial charge in [-0.1, -0.05) is 43.2 Å². The lowest BCUT2D eigenvalue weighted by Gasteiger charge is -2.33. The molecule has 1 heterocycles. The number of amides is 2. The lowest BCUT2D eigenvalue weighted by molar-refractivity contribution is -0.127. The minimum Gasteiger partial charge on any atom is -0.493 e. The minimum absolute atomic E-state index is 0.0658. The number of nitrogens with one attached hydrogen (secondary N) is 1. The fourth-order valence-corrected chi connectivity index (χ4v) is 5.15. The molecule has 2 aromatic carbocycles. The zero-order chi connectivity index (χ0) is 23.9. The number of halogens is 1. The number of rotatable bonds is 9. The second-order valence-electron chi connectivity index (χ2n) is 8.36. The summed E-state index contributed by atoms with van der Waals surface area (Å²) in [6, 6.07) is 15.9. The van der Waals surface area contributed by atoms with E-state index in [1.165, 1.54) is 28.4 Å². The summed E-state index contributed by atoms with van der Waals surface area (Å²) in [5.41, 5.74) is 0.906. The molecule has 0 saturated heterocycles. The van der Waals surface area contributed by atoms with Crippen molar-refractivity contribution in [3.05, 3.63) is 82.3 Å². The monoisotopic (exact) mass is 480 g/mol. The molecule has 7 heteroatoms. The standard InChI is InChI=1S/C27H29FN2O3S/c1-2-33-24-15-6-5-14-23(24)26(27(32)29-20-10-3-4-11-20)30(21-12-7-9-19(28)17-21)25(31)18-22-13-8-16-34-22/h5-9,12-17,20,26H,2-4,10-11,18H2,1H3,(H,29,32)/t26-/m1/s1. The van der Waals surface area contributed by atoms with Gasteiger partial charge in [0.2, 0.25) is 11.8 Å². The van der Waals surface area contributed by atoms with Gasteiger partial charge in [-0.3, -0.25) is 14.5 Å². The number of anilines is 1. The number of carbonyl (C=O) groups excluding carboxylic acids is 2. The fraction of sp³-hybridized carbons (Fsp3) is 0.333. The Morgan fingerprint density at radius 3 is 2.62 bits per heavy atom. The highest BCUT2D eigenvalue weighted by Crippen LogP contribution is 2.35. The van der Waals surface area contributed by atoms with Gasteiger partial charge < -0.3 is 10.1 Å². The van der Waals surface area contributed by atoms with Gasteiger partial charge in [0.15, 0.2) is 0 Å². The smallest absolute Gasteiger partial charge is 0.248 e. The number of hydrogen-bond acceptors (Lipinski definition) is 4. The summed E-state index contributed by atoms with van der Waals surface area (Å²) in [6.07, 6.45) is 4.06. The molecule has 2 amide bonds. The molecule has 1 aromatic heterocycles. The van der Waals surface area contributed by atoms with Crippen LogP contribution in [-0.2, 0) is 16.0 Å². The van der Waals surface area contributed by atoms with Crippen molar-refractivity contribution in [2.24, 2.45) is 0 Å². The molecular weight excluding hydrogens is 451 g/mol. The summed E-state index contributed by atoms with van der Waals surface area (Å²) < 4.78 is 20.1. The first-order chi connectivity index (χ1) is 16.6. The van der Waals surface area contributed by atoms with Crippen molar-refractivity contribution in [1.82, 2.24) is 5.32 Å². The molecule has 3 aromatic rings. The van der Waals surface area contributed by atoms with E-state index in [-0.39, 0.29) is 24.3 Å². The molecule has 178 valence electrons. The highest BCUT2D eigenvalue weighted by Gasteiger charge is 2.36. The van der Waals surface area contributed by atoms with Crippen molar-refractivity contribution in [3.8, 4) is 5.75 Å². The molecule has 1 saturated carbocycles. The Kier molecular flexibility index (Phi) is 7.95. The summed E-state index contributed by atoms with van der Waals surface area (Å²) in [5.74, 6) is -0.518. The maximum absolute atomic E-state index is 14.3. The van der Waals surface area contributed by atoms with Gasteiger partial charge in [0.1, 0.15) is 17.6 Å². The van der Waals surface area contributed by atoms with Crippen LogP contribution in [0.1, 0.15) is 49.1 Å². The number of carbonyl (C=O) groups is 2. The quantitative estimate of drug-likeness (QED) is 0.430. The number of hydrogen-bond donors (Lipinski definition) is 1. The fourth-order valence-electron chi connectivity index (χ4n) is 4.45. The Hall–Kier alpha value is -3.19. The van der Waals surface area contributed by atoms with Crippen LogP contribution in [0.25, 0.3) is 0 Å². The predicted molar refractivity (Wildman–Crippen MR) is 133 cm³/mol. The molecule has 1 fully saturated rings. The minimum atomic E-state index is -1.00. The van der Waals surface area contributed by atoms with Crippen LogP contribution in [0.5, 0.6) is 5.75 Å². The van der Waals surface area contributed by atoms with Crippen LogP contribution in [0.2, 0.25) is 0 Å². The molecule has 5 nitrogen and oxygen atoms in total. The number of ether oxygens (including phenoxy) is 1. The SMILES string of the molecule is CCOc1ccccc1[C@H](C(=O)NC1CCCC1)N(C(=O)Cc1cccs1)c1cccc(F)c1. The van der Waals surface area contributed by atoms with E-state index in [2.05, 4.69) is 5.32 Å². The molecule has 0 spiro atoms. The molecular formula is C27H29FN2O3S. The van der Waals surface area contributed by atoms with E-state index < -0.39 is 11.9 Å². The van der Waals surface area contributed by atoms with Crippen LogP contribution in [0.4, 0.5) is 10.1 Å². The molecule has 4 rings (SSSR count). The van der Waals surface area contributed by atoms with Crippen LogP contribution in [-0.4, -0.2) is 24.5 Å². The Morgan fingerprint density at radius 2 is 1.91 bits per heavy atom. The summed E-state index contributed by atoms with van der Waals surface area (Å²) in [7, 11) is 0. The average molecular weight is 481 g/mol. The average Bonchev–Trinajstić information content (AvgIpc) is 3.52. The normalized spacial score (nSPS) is 14.5. The highest BCUT2D eigenvalue weighted by molar-refractivity contribution is 7.10. The van der Waals surface area contributed by atoms with Crippen molar-refractivity contribution in [2.75, 3.05) is 11.5 Å². The number of nitrogens with zero attached hydrogens (tertiary/aromatic N) is 1. The van der Waals surface area contributed by atoms with E-state index in [4.69, 9.17) is 4.74 Å². The van der Waals surface area contributed by atoms with E-state index in [9.17, 15) is 14.0 Å². The molecule has 1 atom stereocenters. The van der Waals surface area contributed by atoms with Crippen LogP contribution in [0.3, 0.4) is 0 Å². The summed E-state index contributed by atoms with van der Waals surface area (Å²) in [6.45, 7) is 2.29. The van der Waals surface area contributed by atoms with E-state index in [1.54, 1.807) is 24.3 Å². The van der Waals surface area contributed by atoms with Gasteiger partial charge in [-0.05, 0) is 55.5 Å². The molecule has 1 N–H and O–H groups in total. The van der Waals surface area contributed by atoms with Crippen molar-refractivity contribution in [1.29, 1.82) is 0 Å². The van der Waals surface area contributed by atoms with Gasteiger partial charge >= 0.3 is 0 Å². The van der Waals surface area contributed by atoms with Crippen LogP contribution >= 0.6 is 11.3 Å². The third-order valence-electron chi connectivity index (χ3n) is 5.98. The molecule has 0 radical (unpaired) electrons. The third-order valence-corrected chi connectivity index (χ3v) is 6.86. The molecule has 0 bridgehead atoms. The maximum atomic E-state index is 14.3. The summed E-state index contributed by atoms with van der Waals surface area (Å²) in [5, 5.41) is 5.05. The van der Waals surface area contributed by atoms with Crippen molar-refractivity contribution < 1.29 is 18.7 Å². The van der Waals surface area contributed by atoms with E-state index >= 15 is 0 Å². The second-order valence-corrected chi connectivity index (χ2v) is 9.40. The first-order valence-corrected chi connectivity index (χ1v) is 12.6. The predicted octanol–water partition coefficient (Wildman–Crippen LogP) is 5.66. The van der Waals surface area contributed by atoms with Crippen molar-refractivity contribution in [3.63, 3.8) is 0 Å². The zero-order valence-corrected chi connectivity index (χ0v) is 20.0. The lowest BCUT2D eigenvalue weighted by atomic mass is 10.0. The summed E-state index contributed by atoms with van der Waals surface area (Å²) >= 11 is 1.47. The van der Waals surface area contributed by atoms with Crippen molar-refractivity contribution in [2.45, 2.75) is 51.1 Å². The first-order valence-electron chi connectivity index (χ1n) is 11.7. The Labute approximate surface area is 203 Å². The molecule has 0 aliphatic heterocycles. The van der Waals surface area contributed by atoms with E-state index in [0.717, 1.165) is 30.6 Å². The van der Waals surface area contributed by atoms with Crippen LogP contribution < -0.4 is 15.0 Å². The Balaban J connectivity index is 1.81. The molecule has 1 aliphatic rings. The van der Waals surface area contributed by atoms with Gasteiger partial charge in [-0.2, -0.15) is 0 Å². The summed E-state index contributed by atoms with van der Waals surface area (Å²) in [4.78, 5) is 29.8. The topological polar surface area (TPSA) is 58.6 Å². The number of benzene rings is 2. The Bertz CT molecular complexity index is 1110. The van der Waals surface area contributed by atoms with Crippen LogP contribution in [0, 0.1) is 5.82 Å². The molecule has 34 heavy (non-hydrogen) atoms. The zero-order valence-electron chi connectivity index (χ0n) is 19.2. The van der Waals surface area contributed by atoms with Gasteiger partial charge in [-0.25, -0.2) is 4.39 Å². The van der Waals surface area contributed by atoms with Gasteiger partial charge in [-0.15, -0.1) is 11.3 Å². The van der Waals surface area contributed by atoms with E-state index in [0.29, 0.717) is 23.6 Å². The second kappa shape index (κ2) is 11.3. The maximum Gasteiger partial charge on any atom is 0.248 e. The van der Waals surface area contributed by atoms with E-state index in [1.807, 2.05) is 36.6 Å².